The molecule has 26 heavy (non-hydrogen) atoms. The lowest BCUT2D eigenvalue weighted by molar-refractivity contribution is -0.116. The van der Waals surface area contributed by atoms with Gasteiger partial charge in [-0.05, 0) is 30.5 Å². The number of halogens is 1. The Morgan fingerprint density at radius 1 is 1.46 bits per heavy atom. The Morgan fingerprint density at radius 3 is 3.04 bits per heavy atom. The van der Waals surface area contributed by atoms with E-state index in [1.807, 2.05) is 23.1 Å². The fourth-order valence-corrected chi connectivity index (χ4v) is 4.68. The van der Waals surface area contributed by atoms with E-state index in [-0.39, 0.29) is 11.9 Å². The summed E-state index contributed by atoms with van der Waals surface area (Å²) in [5.41, 5.74) is 2.26. The van der Waals surface area contributed by atoms with Crippen LogP contribution in [-0.2, 0) is 11.3 Å². The maximum Gasteiger partial charge on any atom is 0.225 e. The van der Waals surface area contributed by atoms with Crippen LogP contribution in [0.4, 0.5) is 5.13 Å². The van der Waals surface area contributed by atoms with E-state index in [9.17, 15) is 4.79 Å². The number of thiazole rings is 1. The smallest absolute Gasteiger partial charge is 0.225 e. The number of hydrogen-bond donors (Lipinski definition) is 1. The molecule has 1 N–H and O–H groups in total. The first-order valence-corrected chi connectivity index (χ1v) is 10.3. The molecule has 1 aliphatic carbocycles. The molecule has 2 aliphatic rings. The average molecular weight is 391 g/mol. The van der Waals surface area contributed by atoms with Crippen LogP contribution in [0.1, 0.15) is 37.1 Å². The minimum Gasteiger partial charge on any atom is -0.314 e. The number of hydrogen-bond acceptors (Lipinski definition) is 5. The largest absolute Gasteiger partial charge is 0.314 e. The Morgan fingerprint density at radius 2 is 2.31 bits per heavy atom. The summed E-state index contributed by atoms with van der Waals surface area (Å²) in [5, 5.41) is 7.17. The molecule has 0 bridgehead atoms. The SMILES string of the molecule is CC(=O)N(c1nc(CN2CCNCC2c2cccc(Cl)c2)cs1)C1CC1. The van der Waals surface area contributed by atoms with Crippen molar-refractivity contribution in [3.8, 4) is 0 Å². The molecule has 7 heteroatoms. The maximum absolute atomic E-state index is 12.0. The van der Waals surface area contributed by atoms with Gasteiger partial charge in [0.2, 0.25) is 5.91 Å². The van der Waals surface area contributed by atoms with Gasteiger partial charge in [-0.3, -0.25) is 14.6 Å². The van der Waals surface area contributed by atoms with Crippen LogP contribution in [0.3, 0.4) is 0 Å². The Hall–Kier alpha value is -1.47. The van der Waals surface area contributed by atoms with Gasteiger partial charge in [0.1, 0.15) is 0 Å². The van der Waals surface area contributed by atoms with Crippen molar-refractivity contribution >= 4 is 34.0 Å². The Kier molecular flexibility index (Phi) is 5.27. The van der Waals surface area contributed by atoms with Crippen molar-refractivity contribution in [3.63, 3.8) is 0 Å². The standard InChI is InChI=1S/C19H23ClN4OS/c1-13(25)24(17-5-6-17)19-22-16(12-26-19)11-23-8-7-21-10-18(23)14-3-2-4-15(20)9-14/h2-4,9,12,17-18,21H,5-8,10-11H2,1H3. The summed E-state index contributed by atoms with van der Waals surface area (Å²) in [5.74, 6) is 0.0902. The summed E-state index contributed by atoms with van der Waals surface area (Å²) in [7, 11) is 0. The highest BCUT2D eigenvalue weighted by molar-refractivity contribution is 7.14. The second-order valence-corrected chi connectivity index (χ2v) is 8.26. The molecule has 1 atom stereocenters. The molecule has 138 valence electrons. The lowest BCUT2D eigenvalue weighted by atomic mass is 10.0. The van der Waals surface area contributed by atoms with Gasteiger partial charge in [-0.15, -0.1) is 11.3 Å². The van der Waals surface area contributed by atoms with Crippen LogP contribution >= 0.6 is 22.9 Å². The van der Waals surface area contributed by atoms with Crippen LogP contribution in [0.5, 0.6) is 0 Å². The number of anilines is 1. The third-order valence-electron chi connectivity index (χ3n) is 4.95. The quantitative estimate of drug-likeness (QED) is 0.849. The van der Waals surface area contributed by atoms with Gasteiger partial charge in [0.15, 0.2) is 5.13 Å². The number of rotatable bonds is 5. The van der Waals surface area contributed by atoms with Gasteiger partial charge in [-0.1, -0.05) is 23.7 Å². The molecule has 1 saturated carbocycles. The van der Waals surface area contributed by atoms with E-state index in [1.54, 1.807) is 18.3 Å². The van der Waals surface area contributed by atoms with Gasteiger partial charge in [-0.25, -0.2) is 4.98 Å². The molecule has 0 spiro atoms. The zero-order valence-corrected chi connectivity index (χ0v) is 16.4. The Balaban J connectivity index is 1.51. The minimum atomic E-state index is 0.0902. The summed E-state index contributed by atoms with van der Waals surface area (Å²) in [6, 6.07) is 8.72. The highest BCUT2D eigenvalue weighted by Crippen LogP contribution is 2.34. The number of carbonyl (C=O) groups excluding carboxylic acids is 1. The van der Waals surface area contributed by atoms with Crippen molar-refractivity contribution < 1.29 is 4.79 Å². The van der Waals surface area contributed by atoms with E-state index in [1.165, 1.54) is 5.56 Å². The molecule has 1 amide bonds. The lowest BCUT2D eigenvalue weighted by Crippen LogP contribution is -2.45. The first-order chi connectivity index (χ1) is 12.6. The van der Waals surface area contributed by atoms with Crippen LogP contribution in [0.25, 0.3) is 0 Å². The predicted octanol–water partition coefficient (Wildman–Crippen LogP) is 3.46. The Labute approximate surface area is 163 Å². The normalized spacial score (nSPS) is 20.9. The molecule has 5 nitrogen and oxygen atoms in total. The third-order valence-corrected chi connectivity index (χ3v) is 6.07. The van der Waals surface area contributed by atoms with E-state index in [0.29, 0.717) is 6.04 Å². The molecule has 1 saturated heterocycles. The van der Waals surface area contributed by atoms with Gasteiger partial charge in [0, 0.05) is 55.6 Å². The van der Waals surface area contributed by atoms with E-state index >= 15 is 0 Å². The van der Waals surface area contributed by atoms with Crippen LogP contribution in [-0.4, -0.2) is 41.5 Å². The van der Waals surface area contributed by atoms with Gasteiger partial charge >= 0.3 is 0 Å². The van der Waals surface area contributed by atoms with Crippen LogP contribution in [0.2, 0.25) is 5.02 Å². The zero-order chi connectivity index (χ0) is 18.1. The highest BCUT2D eigenvalue weighted by atomic mass is 35.5. The fourth-order valence-electron chi connectivity index (χ4n) is 3.55. The van der Waals surface area contributed by atoms with Crippen molar-refractivity contribution in [2.75, 3.05) is 24.5 Å². The Bertz CT molecular complexity index is 791. The number of piperazine rings is 1. The number of amides is 1. The maximum atomic E-state index is 12.0. The summed E-state index contributed by atoms with van der Waals surface area (Å²) in [4.78, 5) is 21.0. The molecular formula is C19H23ClN4OS. The summed E-state index contributed by atoms with van der Waals surface area (Å²) >= 11 is 7.76. The second kappa shape index (κ2) is 7.64. The van der Waals surface area contributed by atoms with Crippen molar-refractivity contribution in [2.45, 2.75) is 38.4 Å². The molecule has 2 fully saturated rings. The fraction of sp³-hybridized carbons (Fsp3) is 0.474. The highest BCUT2D eigenvalue weighted by Gasteiger charge is 2.34. The average Bonchev–Trinajstić information content (AvgIpc) is 3.34. The van der Waals surface area contributed by atoms with Crippen molar-refractivity contribution in [2.24, 2.45) is 0 Å². The molecule has 1 aromatic heterocycles. The third kappa shape index (κ3) is 3.93. The number of carbonyl (C=O) groups is 1. The molecule has 0 radical (unpaired) electrons. The molecule has 2 aromatic rings. The van der Waals surface area contributed by atoms with Gasteiger partial charge in [-0.2, -0.15) is 0 Å². The van der Waals surface area contributed by atoms with E-state index < -0.39 is 0 Å². The molecule has 1 aromatic carbocycles. The molecule has 2 heterocycles. The first kappa shape index (κ1) is 17.9. The van der Waals surface area contributed by atoms with Gasteiger partial charge in [0.05, 0.1) is 5.69 Å². The molecular weight excluding hydrogens is 368 g/mol. The lowest BCUT2D eigenvalue weighted by Gasteiger charge is -2.36. The van der Waals surface area contributed by atoms with E-state index in [0.717, 1.165) is 54.9 Å². The second-order valence-electron chi connectivity index (χ2n) is 6.99. The zero-order valence-electron chi connectivity index (χ0n) is 14.8. The van der Waals surface area contributed by atoms with E-state index in [4.69, 9.17) is 16.6 Å². The molecule has 1 aliphatic heterocycles. The number of aromatic nitrogens is 1. The van der Waals surface area contributed by atoms with E-state index in [2.05, 4.69) is 21.7 Å². The first-order valence-electron chi connectivity index (χ1n) is 9.06. The number of nitrogens with one attached hydrogen (secondary N) is 1. The van der Waals surface area contributed by atoms with Crippen LogP contribution in [0, 0.1) is 0 Å². The number of benzene rings is 1. The molecule has 4 rings (SSSR count). The van der Waals surface area contributed by atoms with Crippen molar-refractivity contribution in [1.29, 1.82) is 0 Å². The van der Waals surface area contributed by atoms with Crippen molar-refractivity contribution in [1.82, 2.24) is 15.2 Å². The minimum absolute atomic E-state index is 0.0902. The summed E-state index contributed by atoms with van der Waals surface area (Å²) < 4.78 is 0. The molecule has 1 unspecified atom stereocenters. The monoisotopic (exact) mass is 390 g/mol. The summed E-state index contributed by atoms with van der Waals surface area (Å²) in [6.07, 6.45) is 2.17. The van der Waals surface area contributed by atoms with Crippen molar-refractivity contribution in [3.05, 3.63) is 45.9 Å². The van der Waals surface area contributed by atoms with Crippen LogP contribution in [0.15, 0.2) is 29.6 Å². The van der Waals surface area contributed by atoms with Gasteiger partial charge in [0.25, 0.3) is 0 Å². The van der Waals surface area contributed by atoms with Gasteiger partial charge < -0.3 is 5.32 Å². The predicted molar refractivity (Wildman–Crippen MR) is 106 cm³/mol. The summed E-state index contributed by atoms with van der Waals surface area (Å²) in [6.45, 7) is 5.24. The number of nitrogens with zero attached hydrogens (tertiary/aromatic N) is 3. The topological polar surface area (TPSA) is 48.5 Å². The van der Waals surface area contributed by atoms with Crippen LogP contribution < -0.4 is 10.2 Å².